The fourth-order valence-electron chi connectivity index (χ4n) is 2.97. The molecule has 2 saturated heterocycles. The van der Waals surface area contributed by atoms with E-state index in [2.05, 4.69) is 0 Å². The highest BCUT2D eigenvalue weighted by molar-refractivity contribution is 7.99. The van der Waals surface area contributed by atoms with Gasteiger partial charge in [0.05, 0.1) is 17.7 Å². The van der Waals surface area contributed by atoms with Crippen LogP contribution in [0.4, 0.5) is 0 Å². The molecule has 7 heteroatoms. The van der Waals surface area contributed by atoms with Gasteiger partial charge in [0.15, 0.2) is 0 Å². The number of carboxylic acid groups (broad SMARTS) is 1. The fraction of sp³-hybridized carbons (Fsp3) is 0.769. The molecule has 110 valence electrons. The van der Waals surface area contributed by atoms with E-state index in [0.717, 1.165) is 25.9 Å². The largest absolute Gasteiger partial charge is 0.481 e. The minimum atomic E-state index is -0.905. The summed E-state index contributed by atoms with van der Waals surface area (Å²) >= 11 is 1.57. The van der Waals surface area contributed by atoms with Crippen molar-refractivity contribution in [2.24, 2.45) is 11.8 Å². The molecule has 0 radical (unpaired) electrons. The average Bonchev–Trinajstić information content (AvgIpc) is 2.87. The summed E-state index contributed by atoms with van der Waals surface area (Å²) in [5.74, 6) is -0.848. The summed E-state index contributed by atoms with van der Waals surface area (Å²) in [5, 5.41) is 8.91. The molecule has 0 spiro atoms. The molecule has 3 atom stereocenters. The number of hydrogen-bond acceptors (Lipinski definition) is 4. The van der Waals surface area contributed by atoms with E-state index in [9.17, 15) is 14.4 Å². The maximum Gasteiger partial charge on any atom is 0.307 e. The Hall–Kier alpha value is -1.24. The number of carboxylic acids is 1. The van der Waals surface area contributed by atoms with Gasteiger partial charge in [-0.15, -0.1) is 11.8 Å². The first-order valence-corrected chi connectivity index (χ1v) is 8.15. The van der Waals surface area contributed by atoms with E-state index in [0.29, 0.717) is 18.1 Å². The molecule has 1 aliphatic carbocycles. The topological polar surface area (TPSA) is 77.9 Å². The molecule has 0 aromatic rings. The third kappa shape index (κ3) is 2.39. The predicted molar refractivity (Wildman–Crippen MR) is 73.0 cm³/mol. The fourth-order valence-corrected chi connectivity index (χ4v) is 4.12. The molecule has 2 heterocycles. The van der Waals surface area contributed by atoms with Gasteiger partial charge in [-0.2, -0.15) is 0 Å². The zero-order valence-corrected chi connectivity index (χ0v) is 12.0. The number of hydrogen-bond donors (Lipinski definition) is 1. The van der Waals surface area contributed by atoms with Crippen molar-refractivity contribution in [1.29, 1.82) is 0 Å². The van der Waals surface area contributed by atoms with E-state index in [1.165, 1.54) is 0 Å². The van der Waals surface area contributed by atoms with E-state index >= 15 is 0 Å². The second kappa shape index (κ2) is 5.27. The van der Waals surface area contributed by atoms with Crippen LogP contribution >= 0.6 is 11.8 Å². The minimum Gasteiger partial charge on any atom is -0.481 e. The number of rotatable bonds is 3. The lowest BCUT2D eigenvalue weighted by Crippen LogP contribution is -2.48. The number of carbonyl (C=O) groups excluding carboxylic acids is 2. The smallest absolute Gasteiger partial charge is 0.307 e. The summed E-state index contributed by atoms with van der Waals surface area (Å²) < 4.78 is 0. The quantitative estimate of drug-likeness (QED) is 0.807. The Kier molecular flexibility index (Phi) is 3.62. The molecule has 0 aromatic carbocycles. The van der Waals surface area contributed by atoms with Crippen LogP contribution in [0.3, 0.4) is 0 Å². The van der Waals surface area contributed by atoms with Crippen molar-refractivity contribution in [2.75, 3.05) is 24.7 Å². The molecule has 1 N–H and O–H groups in total. The van der Waals surface area contributed by atoms with Gasteiger partial charge in [-0.1, -0.05) is 0 Å². The number of likely N-dealkylation sites (tertiary alicyclic amines) is 1. The average molecular weight is 298 g/mol. The summed E-state index contributed by atoms with van der Waals surface area (Å²) in [4.78, 5) is 39.0. The number of thioether (sulfide) groups is 1. The van der Waals surface area contributed by atoms with Crippen molar-refractivity contribution >= 4 is 29.5 Å². The lowest BCUT2D eigenvalue weighted by molar-refractivity contribution is -0.145. The summed E-state index contributed by atoms with van der Waals surface area (Å²) in [6.07, 6.45) is 2.48. The van der Waals surface area contributed by atoms with Crippen LogP contribution in [0, 0.1) is 11.8 Å². The van der Waals surface area contributed by atoms with Crippen molar-refractivity contribution in [3.63, 3.8) is 0 Å². The number of carbonyl (C=O) groups is 3. The highest BCUT2D eigenvalue weighted by Gasteiger charge is 2.52. The Balaban J connectivity index is 1.65. The number of amides is 2. The van der Waals surface area contributed by atoms with Gasteiger partial charge >= 0.3 is 5.97 Å². The van der Waals surface area contributed by atoms with E-state index < -0.39 is 17.8 Å². The van der Waals surface area contributed by atoms with E-state index in [1.807, 2.05) is 4.90 Å². The highest BCUT2D eigenvalue weighted by atomic mass is 32.2. The molecule has 3 unspecified atom stereocenters. The van der Waals surface area contributed by atoms with Gasteiger partial charge in [-0.05, 0) is 19.3 Å². The van der Waals surface area contributed by atoms with Crippen LogP contribution in [-0.4, -0.2) is 63.5 Å². The van der Waals surface area contributed by atoms with Crippen molar-refractivity contribution in [2.45, 2.75) is 25.3 Å². The summed E-state index contributed by atoms with van der Waals surface area (Å²) in [6.45, 7) is 1.56. The van der Waals surface area contributed by atoms with Crippen LogP contribution < -0.4 is 0 Å². The highest BCUT2D eigenvalue weighted by Crippen LogP contribution is 2.41. The van der Waals surface area contributed by atoms with Crippen molar-refractivity contribution in [3.8, 4) is 0 Å². The summed E-state index contributed by atoms with van der Waals surface area (Å²) in [7, 11) is 0. The van der Waals surface area contributed by atoms with Gasteiger partial charge in [0.2, 0.25) is 11.8 Å². The monoisotopic (exact) mass is 298 g/mol. The normalized spacial score (nSPS) is 32.5. The third-order valence-corrected chi connectivity index (χ3v) is 5.31. The Morgan fingerprint density at radius 3 is 2.35 bits per heavy atom. The van der Waals surface area contributed by atoms with Crippen LogP contribution in [0.15, 0.2) is 0 Å². The van der Waals surface area contributed by atoms with Gasteiger partial charge in [-0.25, -0.2) is 0 Å². The van der Waals surface area contributed by atoms with Crippen LogP contribution in [0.1, 0.15) is 19.3 Å². The number of nitrogens with zero attached hydrogens (tertiary/aromatic N) is 2. The first-order valence-electron chi connectivity index (χ1n) is 6.99. The molecular weight excluding hydrogens is 280 g/mol. The Morgan fingerprint density at radius 2 is 1.75 bits per heavy atom. The van der Waals surface area contributed by atoms with Gasteiger partial charge in [0.25, 0.3) is 0 Å². The van der Waals surface area contributed by atoms with Crippen LogP contribution in [0.25, 0.3) is 0 Å². The number of aliphatic carboxylic acids is 1. The Bertz CT molecular complexity index is 450. The Morgan fingerprint density at radius 1 is 1.05 bits per heavy atom. The summed E-state index contributed by atoms with van der Waals surface area (Å²) in [6, 6.07) is -0.388. The second-order valence-corrected chi connectivity index (χ2v) is 6.64. The van der Waals surface area contributed by atoms with E-state index in [1.54, 1.807) is 16.7 Å². The second-order valence-electron chi connectivity index (χ2n) is 5.64. The van der Waals surface area contributed by atoms with E-state index in [4.69, 9.17) is 5.11 Å². The molecule has 2 aliphatic heterocycles. The standard InChI is InChI=1S/C13H18N2O4S/c16-11(8-5-9(8)13(18)19)15-7-20-6-10(15)12(17)14-3-1-2-4-14/h8-10H,1-7H2,(H,18,19). The molecule has 6 nitrogen and oxygen atoms in total. The van der Waals surface area contributed by atoms with Gasteiger partial charge in [-0.3, -0.25) is 14.4 Å². The Labute approximate surface area is 121 Å². The zero-order valence-electron chi connectivity index (χ0n) is 11.2. The zero-order chi connectivity index (χ0) is 14.3. The van der Waals surface area contributed by atoms with Crippen molar-refractivity contribution in [3.05, 3.63) is 0 Å². The minimum absolute atomic E-state index is 0.0355. The third-order valence-electron chi connectivity index (χ3n) is 4.29. The van der Waals surface area contributed by atoms with Crippen LogP contribution in [0.5, 0.6) is 0 Å². The molecule has 20 heavy (non-hydrogen) atoms. The maximum atomic E-state index is 12.4. The summed E-state index contributed by atoms with van der Waals surface area (Å²) in [5.41, 5.74) is 0. The van der Waals surface area contributed by atoms with Crippen molar-refractivity contribution < 1.29 is 19.5 Å². The first kappa shape index (κ1) is 13.7. The van der Waals surface area contributed by atoms with Gasteiger partial charge in [0, 0.05) is 18.8 Å². The molecular formula is C13H18N2O4S. The SMILES string of the molecule is O=C(O)C1CC1C(=O)N1CSCC1C(=O)N1CCCC1. The van der Waals surface area contributed by atoms with Gasteiger partial charge in [0.1, 0.15) is 6.04 Å². The lowest BCUT2D eigenvalue weighted by atomic mass is 10.2. The lowest BCUT2D eigenvalue weighted by Gasteiger charge is -2.27. The van der Waals surface area contributed by atoms with Gasteiger partial charge < -0.3 is 14.9 Å². The molecule has 3 rings (SSSR count). The first-order chi connectivity index (χ1) is 9.59. The molecule has 0 bridgehead atoms. The van der Waals surface area contributed by atoms with Crippen molar-refractivity contribution in [1.82, 2.24) is 9.80 Å². The predicted octanol–water partition coefficient (Wildman–Crippen LogP) is 0.231. The maximum absolute atomic E-state index is 12.4. The van der Waals surface area contributed by atoms with Crippen LogP contribution in [0.2, 0.25) is 0 Å². The van der Waals surface area contributed by atoms with E-state index in [-0.39, 0.29) is 17.9 Å². The molecule has 3 fully saturated rings. The molecule has 1 saturated carbocycles. The molecule has 2 amide bonds. The molecule has 3 aliphatic rings. The van der Waals surface area contributed by atoms with Crippen LogP contribution in [-0.2, 0) is 14.4 Å². The molecule has 0 aromatic heterocycles.